The van der Waals surface area contributed by atoms with Crippen LogP contribution in [0.2, 0.25) is 0 Å². The molecule has 1 heterocycles. The quantitative estimate of drug-likeness (QED) is 0.829. The fourth-order valence-electron chi connectivity index (χ4n) is 3.60. The zero-order chi connectivity index (χ0) is 13.0. The maximum Gasteiger partial charge on any atom is 0.00390 e. The third-order valence-corrected chi connectivity index (χ3v) is 4.74. The Morgan fingerprint density at radius 2 is 1.56 bits per heavy atom. The van der Waals surface area contributed by atoms with Crippen LogP contribution in [0, 0.1) is 11.8 Å². The first kappa shape index (κ1) is 14.3. The minimum Gasteiger partial charge on any atom is -0.328 e. The first-order chi connectivity index (χ1) is 8.63. The van der Waals surface area contributed by atoms with Gasteiger partial charge >= 0.3 is 0 Å². The van der Waals surface area contributed by atoms with Gasteiger partial charge in [-0.15, -0.1) is 0 Å². The van der Waals surface area contributed by atoms with E-state index in [-0.39, 0.29) is 0 Å². The van der Waals surface area contributed by atoms with E-state index < -0.39 is 0 Å². The van der Waals surface area contributed by atoms with E-state index in [2.05, 4.69) is 23.9 Å². The van der Waals surface area contributed by atoms with Gasteiger partial charge in [-0.05, 0) is 77.5 Å². The van der Waals surface area contributed by atoms with Crippen LogP contribution in [0.3, 0.4) is 0 Å². The normalized spacial score (nSPS) is 32.0. The summed E-state index contributed by atoms with van der Waals surface area (Å²) in [5.74, 6) is 1.85. The van der Waals surface area contributed by atoms with Crippen molar-refractivity contribution in [2.45, 2.75) is 44.6 Å². The molecule has 0 unspecified atom stereocenters. The fourth-order valence-corrected chi connectivity index (χ4v) is 3.60. The van der Waals surface area contributed by atoms with Crippen LogP contribution in [-0.2, 0) is 0 Å². The van der Waals surface area contributed by atoms with Crippen LogP contribution in [0.5, 0.6) is 0 Å². The summed E-state index contributed by atoms with van der Waals surface area (Å²) in [6, 6.07) is 0.493. The highest BCUT2D eigenvalue weighted by molar-refractivity contribution is 4.79. The Balaban J connectivity index is 1.64. The minimum atomic E-state index is 0.493. The average Bonchev–Trinajstić information content (AvgIpc) is 2.34. The molecule has 0 radical (unpaired) electrons. The van der Waals surface area contributed by atoms with Crippen molar-refractivity contribution in [2.75, 3.05) is 40.3 Å². The Morgan fingerprint density at radius 3 is 2.11 bits per heavy atom. The Kier molecular flexibility index (Phi) is 5.46. The molecular weight excluding hydrogens is 222 g/mol. The summed E-state index contributed by atoms with van der Waals surface area (Å²) in [4.78, 5) is 5.04. The fraction of sp³-hybridized carbons (Fsp3) is 1.00. The molecule has 0 amide bonds. The van der Waals surface area contributed by atoms with Gasteiger partial charge in [-0.2, -0.15) is 0 Å². The highest BCUT2D eigenvalue weighted by Crippen LogP contribution is 2.26. The summed E-state index contributed by atoms with van der Waals surface area (Å²) in [5, 5.41) is 0. The highest BCUT2D eigenvalue weighted by Gasteiger charge is 2.24. The lowest BCUT2D eigenvalue weighted by molar-refractivity contribution is 0.131. The van der Waals surface area contributed by atoms with Crippen LogP contribution in [-0.4, -0.2) is 56.1 Å². The van der Waals surface area contributed by atoms with Gasteiger partial charge in [0.2, 0.25) is 0 Å². The molecule has 0 spiro atoms. The van der Waals surface area contributed by atoms with Crippen molar-refractivity contribution in [3.8, 4) is 0 Å². The summed E-state index contributed by atoms with van der Waals surface area (Å²) < 4.78 is 0. The van der Waals surface area contributed by atoms with Crippen LogP contribution >= 0.6 is 0 Å². The van der Waals surface area contributed by atoms with Crippen molar-refractivity contribution >= 4 is 0 Å². The van der Waals surface area contributed by atoms with Gasteiger partial charge in [-0.25, -0.2) is 0 Å². The van der Waals surface area contributed by atoms with E-state index in [0.29, 0.717) is 6.04 Å². The number of nitrogens with zero attached hydrogens (tertiary/aromatic N) is 2. The predicted molar refractivity (Wildman–Crippen MR) is 77.7 cm³/mol. The molecule has 1 saturated carbocycles. The Labute approximate surface area is 113 Å². The molecule has 2 fully saturated rings. The van der Waals surface area contributed by atoms with E-state index in [4.69, 9.17) is 5.73 Å². The molecule has 3 heteroatoms. The van der Waals surface area contributed by atoms with Crippen molar-refractivity contribution in [1.29, 1.82) is 0 Å². The Bertz CT molecular complexity index is 226. The molecule has 18 heavy (non-hydrogen) atoms. The summed E-state index contributed by atoms with van der Waals surface area (Å²) >= 11 is 0. The molecule has 0 aromatic rings. The maximum atomic E-state index is 5.98. The summed E-state index contributed by atoms with van der Waals surface area (Å²) in [7, 11) is 4.38. The van der Waals surface area contributed by atoms with Gasteiger partial charge in [0.25, 0.3) is 0 Å². The third kappa shape index (κ3) is 4.52. The molecule has 3 nitrogen and oxygen atoms in total. The van der Waals surface area contributed by atoms with Crippen molar-refractivity contribution < 1.29 is 0 Å². The molecule has 0 atom stereocenters. The molecule has 2 N–H and O–H groups in total. The predicted octanol–water partition coefficient (Wildman–Crippen LogP) is 1.78. The number of hydrogen-bond donors (Lipinski definition) is 1. The molecule has 1 aliphatic heterocycles. The molecule has 1 saturated heterocycles. The Hall–Kier alpha value is -0.120. The van der Waals surface area contributed by atoms with Gasteiger partial charge in [0, 0.05) is 19.1 Å². The van der Waals surface area contributed by atoms with Gasteiger partial charge in [0.15, 0.2) is 0 Å². The number of nitrogens with two attached hydrogens (primary N) is 1. The van der Waals surface area contributed by atoms with Crippen molar-refractivity contribution in [3.63, 3.8) is 0 Å². The van der Waals surface area contributed by atoms with E-state index in [1.807, 2.05) is 0 Å². The van der Waals surface area contributed by atoms with Gasteiger partial charge in [0.1, 0.15) is 0 Å². The van der Waals surface area contributed by atoms with Gasteiger partial charge in [-0.1, -0.05) is 0 Å². The number of likely N-dealkylation sites (tertiary alicyclic amines) is 1. The van der Waals surface area contributed by atoms with Gasteiger partial charge in [0.05, 0.1) is 0 Å². The standard InChI is InChI=1S/C15H31N3/c1-17(2)11-14-7-9-18(10-8-14)12-13-3-5-15(16)6-4-13/h13-15H,3-12,16H2,1-2H3. The molecule has 0 bridgehead atoms. The summed E-state index contributed by atoms with van der Waals surface area (Å²) in [5.41, 5.74) is 5.98. The first-order valence-electron chi connectivity index (χ1n) is 7.76. The van der Waals surface area contributed by atoms with Gasteiger partial charge < -0.3 is 15.5 Å². The second-order valence-corrected chi connectivity index (χ2v) is 6.79. The molecule has 1 aliphatic carbocycles. The average molecular weight is 253 g/mol. The lowest BCUT2D eigenvalue weighted by Gasteiger charge is -2.36. The topological polar surface area (TPSA) is 32.5 Å². The lowest BCUT2D eigenvalue weighted by atomic mass is 9.85. The first-order valence-corrected chi connectivity index (χ1v) is 7.76. The molecular formula is C15H31N3. The van der Waals surface area contributed by atoms with E-state index in [1.54, 1.807) is 0 Å². The van der Waals surface area contributed by atoms with E-state index in [9.17, 15) is 0 Å². The lowest BCUT2D eigenvalue weighted by Crippen LogP contribution is -2.40. The van der Waals surface area contributed by atoms with E-state index >= 15 is 0 Å². The second kappa shape index (κ2) is 6.88. The van der Waals surface area contributed by atoms with E-state index in [1.165, 1.54) is 64.7 Å². The number of hydrogen-bond acceptors (Lipinski definition) is 3. The van der Waals surface area contributed by atoms with Crippen LogP contribution in [0.25, 0.3) is 0 Å². The largest absolute Gasteiger partial charge is 0.328 e. The zero-order valence-corrected chi connectivity index (χ0v) is 12.3. The van der Waals surface area contributed by atoms with E-state index in [0.717, 1.165) is 11.8 Å². The second-order valence-electron chi connectivity index (χ2n) is 6.79. The SMILES string of the molecule is CN(C)CC1CCN(CC2CCC(N)CC2)CC1. The van der Waals surface area contributed by atoms with Crippen LogP contribution in [0.15, 0.2) is 0 Å². The summed E-state index contributed by atoms with van der Waals surface area (Å²) in [6.45, 7) is 5.25. The minimum absolute atomic E-state index is 0.493. The van der Waals surface area contributed by atoms with Crippen molar-refractivity contribution in [3.05, 3.63) is 0 Å². The van der Waals surface area contributed by atoms with Crippen molar-refractivity contribution in [2.24, 2.45) is 17.6 Å². The monoisotopic (exact) mass is 253 g/mol. The molecule has 0 aromatic heterocycles. The third-order valence-electron chi connectivity index (χ3n) is 4.74. The maximum absolute atomic E-state index is 5.98. The molecule has 0 aromatic carbocycles. The zero-order valence-electron chi connectivity index (χ0n) is 12.3. The smallest absolute Gasteiger partial charge is 0.00390 e. The van der Waals surface area contributed by atoms with Gasteiger partial charge in [-0.3, -0.25) is 0 Å². The van der Waals surface area contributed by atoms with Crippen molar-refractivity contribution in [1.82, 2.24) is 9.80 Å². The number of piperidine rings is 1. The van der Waals surface area contributed by atoms with Crippen LogP contribution < -0.4 is 5.73 Å². The molecule has 2 aliphatic rings. The highest BCUT2D eigenvalue weighted by atomic mass is 15.1. The summed E-state index contributed by atoms with van der Waals surface area (Å²) in [6.07, 6.45) is 8.01. The molecule has 2 rings (SSSR count). The Morgan fingerprint density at radius 1 is 0.944 bits per heavy atom. The molecule has 106 valence electrons. The van der Waals surface area contributed by atoms with Crippen LogP contribution in [0.1, 0.15) is 38.5 Å². The van der Waals surface area contributed by atoms with Crippen LogP contribution in [0.4, 0.5) is 0 Å². The number of rotatable bonds is 4.